The van der Waals surface area contributed by atoms with Crippen molar-refractivity contribution >= 4 is 99.7 Å². The molecular formula is C28H24ClN7O14S4. The largest absolute Gasteiger partial charge is 0.505 e. The van der Waals surface area contributed by atoms with Gasteiger partial charge in [0, 0.05) is 11.1 Å². The first kappa shape index (κ1) is 40.5. The molecule has 0 saturated carbocycles. The zero-order chi connectivity index (χ0) is 39.3. The van der Waals surface area contributed by atoms with Crippen LogP contribution in [0.2, 0.25) is 5.28 Å². The third kappa shape index (κ3) is 11.0. The smallest absolute Gasteiger partial charge is 0.397 e. The Kier molecular flexibility index (Phi) is 12.6. The maximum atomic E-state index is 12.3. The van der Waals surface area contributed by atoms with E-state index in [1.165, 1.54) is 18.2 Å². The summed E-state index contributed by atoms with van der Waals surface area (Å²) in [7, 11) is -14.0. The number of benzene rings is 4. The van der Waals surface area contributed by atoms with E-state index in [4.69, 9.17) is 21.4 Å². The number of phenols is 1. The predicted molar refractivity (Wildman–Crippen MR) is 190 cm³/mol. The summed E-state index contributed by atoms with van der Waals surface area (Å²) in [4.78, 5) is 10.9. The zero-order valence-corrected chi connectivity index (χ0v) is 30.7. The number of halogens is 1. The molecule has 0 fully saturated rings. The minimum Gasteiger partial charge on any atom is -0.505 e. The maximum absolute atomic E-state index is 12.3. The summed E-state index contributed by atoms with van der Waals surface area (Å²) in [5.74, 6) is -1.20. The quantitative estimate of drug-likeness (QED) is 0.0150. The van der Waals surface area contributed by atoms with Crippen molar-refractivity contribution in [1.82, 2.24) is 15.0 Å². The molecule has 5 aromatic rings. The van der Waals surface area contributed by atoms with Gasteiger partial charge in [-0.3, -0.25) is 13.7 Å². The van der Waals surface area contributed by atoms with Crippen LogP contribution in [0.1, 0.15) is 12.0 Å². The van der Waals surface area contributed by atoms with E-state index in [1.54, 1.807) is 24.3 Å². The highest BCUT2D eigenvalue weighted by molar-refractivity contribution is 7.94. The van der Waals surface area contributed by atoms with Crippen molar-refractivity contribution < 1.29 is 62.8 Å². The minimum atomic E-state index is -4.87. The van der Waals surface area contributed by atoms with Gasteiger partial charge in [0.05, 0.1) is 44.7 Å². The molecule has 0 radical (unpaired) electrons. The average molecular weight is 846 g/mol. The van der Waals surface area contributed by atoms with Crippen molar-refractivity contribution in [2.75, 3.05) is 17.2 Å². The Morgan fingerprint density at radius 2 is 1.50 bits per heavy atom. The Balaban J connectivity index is 1.53. The third-order valence-corrected chi connectivity index (χ3v) is 9.80. The first-order chi connectivity index (χ1) is 25.4. The summed E-state index contributed by atoms with van der Waals surface area (Å²) in [6.07, 6.45) is 0.665. The lowest BCUT2D eigenvalue weighted by atomic mass is 10.1. The number of aromatic hydroxyl groups is 1. The average Bonchev–Trinajstić information content (AvgIpc) is 3.08. The predicted octanol–water partition coefficient (Wildman–Crippen LogP) is 5.96. The SMILES string of the molecule is O=S(=O)(O)OCCCc1ccc(N=Nc2c(SOOO)cc3cc(S(=O)(=O)O)cc(Nc4nc(Cl)nc(Nc5cccc(S(=O)(=O)O)c5)n4)c3c2O)cc1. The number of azo groups is 1. The highest BCUT2D eigenvalue weighted by Gasteiger charge is 2.22. The molecular weight excluding hydrogens is 822 g/mol. The zero-order valence-electron chi connectivity index (χ0n) is 26.6. The van der Waals surface area contributed by atoms with Crippen molar-refractivity contribution in [2.45, 2.75) is 27.5 Å². The van der Waals surface area contributed by atoms with Gasteiger partial charge in [0.15, 0.2) is 5.75 Å². The summed E-state index contributed by atoms with van der Waals surface area (Å²) in [6, 6.07) is 14.6. The second-order valence-electron chi connectivity index (χ2n) is 10.6. The summed E-state index contributed by atoms with van der Waals surface area (Å²) in [5, 5.41) is 37.2. The molecule has 0 aliphatic carbocycles. The fourth-order valence-electron chi connectivity index (χ4n) is 4.64. The molecule has 21 nitrogen and oxygen atoms in total. The van der Waals surface area contributed by atoms with Gasteiger partial charge >= 0.3 is 10.4 Å². The van der Waals surface area contributed by atoms with E-state index in [0.29, 0.717) is 18.5 Å². The van der Waals surface area contributed by atoms with Crippen LogP contribution in [-0.2, 0) is 50.6 Å². The van der Waals surface area contributed by atoms with Gasteiger partial charge in [-0.05, 0) is 83.9 Å². The summed E-state index contributed by atoms with van der Waals surface area (Å²) in [5.41, 5.74) is 0.677. The van der Waals surface area contributed by atoms with Crippen LogP contribution in [0.25, 0.3) is 10.8 Å². The van der Waals surface area contributed by atoms with Gasteiger partial charge in [-0.2, -0.15) is 45.3 Å². The molecule has 0 spiro atoms. The lowest BCUT2D eigenvalue weighted by Gasteiger charge is -2.15. The maximum Gasteiger partial charge on any atom is 0.397 e. The number of anilines is 4. The number of fused-ring (bicyclic) bond motifs is 1. The number of hydrogen-bond donors (Lipinski definition) is 7. The van der Waals surface area contributed by atoms with E-state index in [-0.39, 0.29) is 63.3 Å². The monoisotopic (exact) mass is 845 g/mol. The summed E-state index contributed by atoms with van der Waals surface area (Å²) >= 11 is 6.47. The van der Waals surface area contributed by atoms with Crippen LogP contribution in [0, 0.1) is 0 Å². The first-order valence-electron chi connectivity index (χ1n) is 14.5. The molecule has 0 amide bonds. The molecule has 1 heterocycles. The molecule has 0 aliphatic rings. The van der Waals surface area contributed by atoms with Crippen LogP contribution in [0.3, 0.4) is 0 Å². The van der Waals surface area contributed by atoms with E-state index in [2.05, 4.69) is 49.4 Å². The number of nitrogens with zero attached hydrogens (tertiary/aromatic N) is 5. The number of rotatable bonds is 16. The van der Waals surface area contributed by atoms with Gasteiger partial charge in [0.25, 0.3) is 20.2 Å². The molecule has 1 aromatic heterocycles. The lowest BCUT2D eigenvalue weighted by molar-refractivity contribution is -0.432. The fourth-order valence-corrected chi connectivity index (χ4v) is 6.70. The second kappa shape index (κ2) is 16.8. The van der Waals surface area contributed by atoms with Gasteiger partial charge in [0.2, 0.25) is 17.2 Å². The van der Waals surface area contributed by atoms with Crippen molar-refractivity contribution in [1.29, 1.82) is 0 Å². The van der Waals surface area contributed by atoms with E-state index in [9.17, 15) is 39.5 Å². The van der Waals surface area contributed by atoms with E-state index in [0.717, 1.165) is 29.8 Å². The molecule has 26 heteroatoms. The minimum absolute atomic E-state index is 0.0315. The second-order valence-corrected chi connectivity index (χ2v) is 15.6. The van der Waals surface area contributed by atoms with Crippen LogP contribution in [-0.4, -0.2) is 70.8 Å². The molecule has 0 unspecified atom stereocenters. The Hall–Kier alpha value is -4.64. The van der Waals surface area contributed by atoms with Crippen LogP contribution in [0.5, 0.6) is 5.75 Å². The molecule has 0 atom stereocenters. The topological polar surface area (TPSA) is 319 Å². The van der Waals surface area contributed by atoms with Gasteiger partial charge in [-0.1, -0.05) is 23.2 Å². The van der Waals surface area contributed by atoms with E-state index < -0.39 is 51.5 Å². The van der Waals surface area contributed by atoms with E-state index >= 15 is 0 Å². The number of phenolic OH excluding ortho intramolecular Hbond substituents is 1. The Bertz CT molecular complexity index is 2570. The van der Waals surface area contributed by atoms with Crippen molar-refractivity contribution in [3.8, 4) is 5.75 Å². The molecule has 0 aliphatic heterocycles. The number of hydrogen-bond acceptors (Lipinski definition) is 19. The standard InChI is InChI=1S/C28H24ClN7O14S4/c29-26-32-27(30-18-4-1-5-19(13-18)52(39,40)41)34-28(33-26)31-21-14-20(53(42,43)44)11-16-12-22(51-50-49-38)24(25(37)23(16)21)36-35-17-8-6-15(7-9-17)3-2-10-48-54(45,46)47/h1,4-9,11-14,37-38H,2-3,10H2,(H,39,40,41)(H,42,43,44)(H,45,46,47)(H2,30,31,32,33,34). The lowest BCUT2D eigenvalue weighted by Crippen LogP contribution is -2.06. The Morgan fingerprint density at radius 3 is 2.15 bits per heavy atom. The number of nitrogens with one attached hydrogen (secondary N) is 2. The fraction of sp³-hybridized carbons (Fsp3) is 0.107. The molecule has 7 N–H and O–H groups in total. The van der Waals surface area contributed by atoms with Crippen molar-refractivity contribution in [3.05, 3.63) is 77.6 Å². The number of aryl methyl sites for hydroxylation is 1. The van der Waals surface area contributed by atoms with Crippen LogP contribution < -0.4 is 10.6 Å². The molecule has 5 rings (SSSR count). The van der Waals surface area contributed by atoms with Crippen LogP contribution >= 0.6 is 23.6 Å². The van der Waals surface area contributed by atoms with Gasteiger partial charge in [-0.15, -0.1) is 9.45 Å². The van der Waals surface area contributed by atoms with Gasteiger partial charge in [0.1, 0.15) is 5.69 Å². The van der Waals surface area contributed by atoms with Crippen LogP contribution in [0.4, 0.5) is 34.6 Å². The van der Waals surface area contributed by atoms with Crippen molar-refractivity contribution in [3.63, 3.8) is 0 Å². The summed E-state index contributed by atoms with van der Waals surface area (Å²) in [6.45, 7) is -0.239. The molecule has 0 bridgehead atoms. The Labute approximate surface area is 314 Å². The van der Waals surface area contributed by atoms with Crippen molar-refractivity contribution in [2.24, 2.45) is 10.2 Å². The first-order valence-corrected chi connectivity index (χ1v) is 19.9. The van der Waals surface area contributed by atoms with Gasteiger partial charge < -0.3 is 15.7 Å². The normalized spacial score (nSPS) is 12.4. The highest BCUT2D eigenvalue weighted by atomic mass is 35.5. The van der Waals surface area contributed by atoms with E-state index in [1.807, 2.05) is 0 Å². The van der Waals surface area contributed by atoms with Gasteiger partial charge in [-0.25, -0.2) is 9.44 Å². The summed E-state index contributed by atoms with van der Waals surface area (Å²) < 4.78 is 106. The Morgan fingerprint density at radius 1 is 0.815 bits per heavy atom. The molecule has 54 heavy (non-hydrogen) atoms. The number of aromatic nitrogens is 3. The molecule has 4 aromatic carbocycles. The third-order valence-electron chi connectivity index (χ3n) is 6.86. The molecule has 0 saturated heterocycles. The highest BCUT2D eigenvalue weighted by Crippen LogP contribution is 2.47. The molecule has 286 valence electrons. The van der Waals surface area contributed by atoms with Crippen LogP contribution in [0.15, 0.2) is 91.6 Å².